The van der Waals surface area contributed by atoms with E-state index in [1.165, 1.54) is 4.68 Å². The summed E-state index contributed by atoms with van der Waals surface area (Å²) < 4.78 is 13.5. The Kier molecular flexibility index (Phi) is 5.11. The predicted molar refractivity (Wildman–Crippen MR) is 99.0 cm³/mol. The number of aliphatic hydroxyl groups is 3. The first-order chi connectivity index (χ1) is 13.0. The maximum Gasteiger partial charge on any atom is 0.180 e. The summed E-state index contributed by atoms with van der Waals surface area (Å²) in [5.74, 6) is 0.701. The average molecular weight is 436 g/mol. The number of hydrogen-bond donors (Lipinski definition) is 3. The quantitative estimate of drug-likeness (QED) is 0.567. The van der Waals surface area contributed by atoms with Gasteiger partial charge >= 0.3 is 0 Å². The third kappa shape index (κ3) is 3.83. The van der Waals surface area contributed by atoms with Gasteiger partial charge in [-0.2, -0.15) is 0 Å². The number of aliphatic hydroxyl groups excluding tert-OH is 3. The van der Waals surface area contributed by atoms with Gasteiger partial charge in [0.15, 0.2) is 6.23 Å². The Labute approximate surface area is 163 Å². The molecule has 0 aliphatic carbocycles. The molecule has 4 atom stereocenters. The second kappa shape index (κ2) is 7.53. The van der Waals surface area contributed by atoms with Crippen molar-refractivity contribution in [2.24, 2.45) is 0 Å². The minimum Gasteiger partial charge on any atom is -0.487 e. The van der Waals surface area contributed by atoms with E-state index in [-0.39, 0.29) is 13.2 Å². The van der Waals surface area contributed by atoms with Gasteiger partial charge in [0.05, 0.1) is 12.8 Å². The molecule has 0 saturated carbocycles. The van der Waals surface area contributed by atoms with Gasteiger partial charge in [-0.3, -0.25) is 0 Å². The third-order valence-corrected chi connectivity index (χ3v) is 4.95. The zero-order valence-electron chi connectivity index (χ0n) is 14.1. The molecule has 1 saturated heterocycles. The first-order valence-electron chi connectivity index (χ1n) is 8.40. The molecule has 8 nitrogen and oxygen atoms in total. The van der Waals surface area contributed by atoms with Crippen LogP contribution in [0.4, 0.5) is 0 Å². The fourth-order valence-electron chi connectivity index (χ4n) is 2.97. The van der Waals surface area contributed by atoms with Gasteiger partial charge in [-0.15, -0.1) is 5.10 Å². The molecular weight excluding hydrogens is 418 g/mol. The molecule has 1 aliphatic rings. The van der Waals surface area contributed by atoms with Gasteiger partial charge in [0, 0.05) is 4.47 Å². The third-order valence-electron chi connectivity index (χ3n) is 4.45. The lowest BCUT2D eigenvalue weighted by atomic mass is 10.0. The number of fused-ring (bicyclic) bond motifs is 1. The summed E-state index contributed by atoms with van der Waals surface area (Å²) in [6.07, 6.45) is -3.06. The zero-order valence-corrected chi connectivity index (χ0v) is 15.7. The highest BCUT2D eigenvalue weighted by atomic mass is 79.9. The van der Waals surface area contributed by atoms with Crippen molar-refractivity contribution in [1.82, 2.24) is 15.0 Å². The lowest BCUT2D eigenvalue weighted by Crippen LogP contribution is -2.50. The van der Waals surface area contributed by atoms with Gasteiger partial charge < -0.3 is 24.8 Å². The van der Waals surface area contributed by atoms with Crippen LogP contribution in [-0.2, 0) is 11.3 Å². The molecular formula is C18H18BrN3O5. The number of hydrogen-bond acceptors (Lipinski definition) is 7. The summed E-state index contributed by atoms with van der Waals surface area (Å²) >= 11 is 3.45. The molecule has 0 radical (unpaired) electrons. The second-order valence-electron chi connectivity index (χ2n) is 6.40. The van der Waals surface area contributed by atoms with Crippen molar-refractivity contribution in [3.63, 3.8) is 0 Å². The minimum absolute atomic E-state index is 0.0954. The van der Waals surface area contributed by atoms with E-state index in [0.717, 1.165) is 15.2 Å². The molecule has 2 heterocycles. The normalized spacial score (nSPS) is 25.6. The van der Waals surface area contributed by atoms with Gasteiger partial charge in [-0.05, 0) is 35.0 Å². The predicted octanol–water partition coefficient (Wildman–Crippen LogP) is 1.38. The Balaban J connectivity index is 1.43. The van der Waals surface area contributed by atoms with E-state index < -0.39 is 24.5 Å². The van der Waals surface area contributed by atoms with E-state index in [1.807, 2.05) is 36.4 Å². The Morgan fingerprint density at radius 3 is 2.74 bits per heavy atom. The Hall–Kier alpha value is -2.04. The number of rotatable bonds is 4. The summed E-state index contributed by atoms with van der Waals surface area (Å²) in [5, 5.41) is 39.4. The van der Waals surface area contributed by atoms with Crippen molar-refractivity contribution in [2.75, 3.05) is 6.61 Å². The van der Waals surface area contributed by atoms with Crippen molar-refractivity contribution in [3.05, 3.63) is 52.8 Å². The van der Waals surface area contributed by atoms with E-state index in [1.54, 1.807) is 6.20 Å². The first kappa shape index (κ1) is 18.3. The van der Waals surface area contributed by atoms with Crippen LogP contribution in [-0.4, -0.2) is 55.2 Å². The standard InChI is InChI=1S/C18H18BrN3O5/c19-12-3-1-11-6-14(4-2-10(11)5-12)26-8-13-7-22(21-20-13)18-17(25)16(24)15(23)9-27-18/h1-7,15-18,23-25H,8-9H2/t15-,16+,17-,18-/m1/s1. The molecule has 0 bridgehead atoms. The van der Waals surface area contributed by atoms with Crippen LogP contribution in [0.1, 0.15) is 11.9 Å². The minimum atomic E-state index is -1.30. The molecule has 0 amide bonds. The Bertz CT molecular complexity index is 950. The van der Waals surface area contributed by atoms with Gasteiger partial charge in [0.1, 0.15) is 36.4 Å². The molecule has 142 valence electrons. The van der Waals surface area contributed by atoms with Crippen molar-refractivity contribution in [3.8, 4) is 5.75 Å². The van der Waals surface area contributed by atoms with Gasteiger partial charge in [-0.1, -0.05) is 33.3 Å². The fourth-order valence-corrected chi connectivity index (χ4v) is 3.35. The van der Waals surface area contributed by atoms with Crippen LogP contribution in [0.2, 0.25) is 0 Å². The van der Waals surface area contributed by atoms with Crippen LogP contribution in [0.25, 0.3) is 10.8 Å². The number of benzene rings is 2. The number of nitrogens with zero attached hydrogens (tertiary/aromatic N) is 3. The van der Waals surface area contributed by atoms with E-state index in [4.69, 9.17) is 9.47 Å². The lowest BCUT2D eigenvalue weighted by molar-refractivity contribution is -0.214. The van der Waals surface area contributed by atoms with E-state index in [0.29, 0.717) is 11.4 Å². The van der Waals surface area contributed by atoms with Crippen LogP contribution in [0.3, 0.4) is 0 Å². The second-order valence-corrected chi connectivity index (χ2v) is 7.32. The molecule has 1 aliphatic heterocycles. The molecule has 4 rings (SSSR count). The van der Waals surface area contributed by atoms with Crippen molar-refractivity contribution < 1.29 is 24.8 Å². The largest absolute Gasteiger partial charge is 0.487 e. The molecule has 0 spiro atoms. The summed E-state index contributed by atoms with van der Waals surface area (Å²) in [6.45, 7) is 0.0951. The van der Waals surface area contributed by atoms with Gasteiger partial charge in [0.2, 0.25) is 0 Å². The molecule has 0 unspecified atom stereocenters. The molecule has 9 heteroatoms. The van der Waals surface area contributed by atoms with Gasteiger partial charge in [-0.25, -0.2) is 4.68 Å². The average Bonchev–Trinajstić information content (AvgIpc) is 3.13. The number of ether oxygens (including phenoxy) is 2. The number of halogens is 1. The maximum absolute atomic E-state index is 10.0. The maximum atomic E-state index is 10.0. The van der Waals surface area contributed by atoms with Gasteiger partial charge in [0.25, 0.3) is 0 Å². The van der Waals surface area contributed by atoms with Crippen LogP contribution in [0.5, 0.6) is 5.75 Å². The monoisotopic (exact) mass is 435 g/mol. The highest BCUT2D eigenvalue weighted by Gasteiger charge is 2.39. The van der Waals surface area contributed by atoms with E-state index in [9.17, 15) is 15.3 Å². The first-order valence-corrected chi connectivity index (χ1v) is 9.19. The Morgan fingerprint density at radius 2 is 1.89 bits per heavy atom. The topological polar surface area (TPSA) is 110 Å². The summed E-state index contributed by atoms with van der Waals surface area (Å²) in [6, 6.07) is 11.8. The van der Waals surface area contributed by atoms with Crippen LogP contribution >= 0.6 is 15.9 Å². The highest BCUT2D eigenvalue weighted by Crippen LogP contribution is 2.25. The number of aromatic nitrogens is 3. The van der Waals surface area contributed by atoms with Crippen molar-refractivity contribution in [2.45, 2.75) is 31.1 Å². The van der Waals surface area contributed by atoms with Crippen molar-refractivity contribution >= 4 is 26.7 Å². The fraction of sp³-hybridized carbons (Fsp3) is 0.333. The molecule has 3 aromatic rings. The molecule has 3 N–H and O–H groups in total. The SMILES string of the molecule is O[C@@H]1[C@@H](O)[C@H](n2cc(COc3ccc4cc(Br)ccc4c3)nn2)OC[C@H]1O. The van der Waals surface area contributed by atoms with Crippen LogP contribution in [0.15, 0.2) is 47.1 Å². The summed E-state index contributed by atoms with van der Waals surface area (Å²) in [5.41, 5.74) is 0.544. The molecule has 1 fully saturated rings. The van der Waals surface area contributed by atoms with Crippen LogP contribution < -0.4 is 4.74 Å². The molecule has 1 aromatic heterocycles. The summed E-state index contributed by atoms with van der Waals surface area (Å²) in [4.78, 5) is 0. The lowest BCUT2D eigenvalue weighted by Gasteiger charge is -2.34. The molecule has 2 aromatic carbocycles. The van der Waals surface area contributed by atoms with E-state index in [2.05, 4.69) is 26.2 Å². The van der Waals surface area contributed by atoms with Crippen LogP contribution in [0, 0.1) is 0 Å². The zero-order chi connectivity index (χ0) is 19.0. The summed E-state index contributed by atoms with van der Waals surface area (Å²) in [7, 11) is 0. The van der Waals surface area contributed by atoms with E-state index >= 15 is 0 Å². The molecule has 27 heavy (non-hydrogen) atoms. The van der Waals surface area contributed by atoms with Crippen molar-refractivity contribution in [1.29, 1.82) is 0 Å². The highest BCUT2D eigenvalue weighted by molar-refractivity contribution is 9.10. The Morgan fingerprint density at radius 1 is 1.11 bits per heavy atom. The smallest absolute Gasteiger partial charge is 0.180 e.